The maximum atomic E-state index is 7.32. The van der Waals surface area contributed by atoms with Crippen LogP contribution in [-0.2, 0) is 33.2 Å². The second-order valence-electron chi connectivity index (χ2n) is 19.6. The summed E-state index contributed by atoms with van der Waals surface area (Å²) < 4.78 is 48.6. The van der Waals surface area contributed by atoms with Gasteiger partial charge < -0.3 is 33.2 Å². The lowest BCUT2D eigenvalue weighted by Crippen LogP contribution is -2.34. The van der Waals surface area contributed by atoms with Crippen LogP contribution < -0.4 is 0 Å². The molecule has 2 atom stereocenters. The van der Waals surface area contributed by atoms with Crippen molar-refractivity contribution in [3.8, 4) is 0 Å². The Hall–Kier alpha value is -1.44. The zero-order valence-electron chi connectivity index (χ0n) is 46.5. The fourth-order valence-electron chi connectivity index (χ4n) is 8.23. The van der Waals surface area contributed by atoms with E-state index < -0.39 is 12.6 Å². The van der Waals surface area contributed by atoms with Crippen LogP contribution in [0.5, 0.6) is 0 Å². The Morgan fingerprint density at radius 2 is 0.478 bits per heavy atom. The predicted molar refractivity (Wildman–Crippen MR) is 288 cm³/mol. The topological polar surface area (TPSA) is 64.6 Å². The summed E-state index contributed by atoms with van der Waals surface area (Å²) in [6.45, 7) is 21.7. The standard InChI is InChI=1S/C60H118O7/c1-9-17-25-29-33-35-39-43-47-55(61-49-21-13-5)57(63-51-23-15-7)59(65-53-45-41-37-31-27-19-11-3)67-60(66-54-46-42-38-32-28-20-12-4)58(64-52-24-16-8)56(62-50-22-14-6)48-44-40-36-34-30-26-18-10-2/h59-60H,9-54H2,1-8H3. The van der Waals surface area contributed by atoms with E-state index in [1.54, 1.807) is 0 Å². The summed E-state index contributed by atoms with van der Waals surface area (Å²) in [6.07, 6.45) is 45.3. The Morgan fingerprint density at radius 3 is 0.761 bits per heavy atom. The zero-order chi connectivity index (χ0) is 48.9. The van der Waals surface area contributed by atoms with Gasteiger partial charge in [0.1, 0.15) is 11.5 Å². The number of hydrogen-bond acceptors (Lipinski definition) is 7. The van der Waals surface area contributed by atoms with Gasteiger partial charge in [-0.2, -0.15) is 0 Å². The van der Waals surface area contributed by atoms with E-state index >= 15 is 0 Å². The molecule has 0 aromatic heterocycles. The number of unbranched alkanes of at least 4 members (excludes halogenated alkanes) is 30. The van der Waals surface area contributed by atoms with Crippen molar-refractivity contribution in [2.24, 2.45) is 0 Å². The molecule has 0 aliphatic carbocycles. The smallest absolute Gasteiger partial charge is 0.223 e. The fraction of sp³-hybridized carbons (Fsp3) is 0.933. The van der Waals surface area contributed by atoms with E-state index in [1.807, 2.05) is 0 Å². The van der Waals surface area contributed by atoms with Crippen molar-refractivity contribution in [2.45, 2.75) is 325 Å². The highest BCUT2D eigenvalue weighted by molar-refractivity contribution is 5.09. The summed E-state index contributed by atoms with van der Waals surface area (Å²) in [4.78, 5) is 0. The monoisotopic (exact) mass is 951 g/mol. The van der Waals surface area contributed by atoms with Crippen LogP contribution in [-0.4, -0.2) is 52.2 Å². The minimum Gasteiger partial charge on any atom is -0.494 e. The third-order valence-electron chi connectivity index (χ3n) is 12.8. The van der Waals surface area contributed by atoms with Gasteiger partial charge in [-0.1, -0.05) is 248 Å². The molecule has 0 radical (unpaired) electrons. The van der Waals surface area contributed by atoms with Crippen molar-refractivity contribution in [3.05, 3.63) is 23.0 Å². The van der Waals surface area contributed by atoms with Crippen molar-refractivity contribution in [2.75, 3.05) is 39.6 Å². The van der Waals surface area contributed by atoms with Gasteiger partial charge in [-0.05, 0) is 51.4 Å². The predicted octanol–water partition coefficient (Wildman–Crippen LogP) is 19.9. The van der Waals surface area contributed by atoms with Crippen LogP contribution in [0.3, 0.4) is 0 Å². The Labute approximate surface area is 419 Å². The average molecular weight is 952 g/mol. The van der Waals surface area contributed by atoms with Gasteiger partial charge in [0.05, 0.1) is 39.6 Å². The van der Waals surface area contributed by atoms with Crippen LogP contribution in [0.2, 0.25) is 0 Å². The van der Waals surface area contributed by atoms with Gasteiger partial charge in [0, 0.05) is 12.8 Å². The van der Waals surface area contributed by atoms with E-state index in [1.165, 1.54) is 154 Å². The first-order valence-corrected chi connectivity index (χ1v) is 29.9. The highest BCUT2D eigenvalue weighted by Crippen LogP contribution is 2.30. The second kappa shape index (κ2) is 53.9. The van der Waals surface area contributed by atoms with Crippen LogP contribution in [0.25, 0.3) is 0 Å². The van der Waals surface area contributed by atoms with Crippen LogP contribution in [0, 0.1) is 0 Å². The van der Waals surface area contributed by atoms with Gasteiger partial charge in [-0.25, -0.2) is 0 Å². The first-order valence-electron chi connectivity index (χ1n) is 29.9. The van der Waals surface area contributed by atoms with Crippen LogP contribution in [0.1, 0.15) is 312 Å². The first-order chi connectivity index (χ1) is 33.1. The molecular formula is C60H118O7. The van der Waals surface area contributed by atoms with E-state index in [9.17, 15) is 0 Å². The van der Waals surface area contributed by atoms with Crippen molar-refractivity contribution in [3.63, 3.8) is 0 Å². The molecule has 0 aromatic carbocycles. The Kier molecular flexibility index (Phi) is 52.7. The molecule has 0 bridgehead atoms. The Morgan fingerprint density at radius 1 is 0.239 bits per heavy atom. The molecule has 67 heavy (non-hydrogen) atoms. The van der Waals surface area contributed by atoms with E-state index in [-0.39, 0.29) is 0 Å². The summed E-state index contributed by atoms with van der Waals surface area (Å²) in [7, 11) is 0. The summed E-state index contributed by atoms with van der Waals surface area (Å²) in [5.41, 5.74) is 0. The quantitative estimate of drug-likeness (QED) is 0.0342. The van der Waals surface area contributed by atoms with Crippen LogP contribution in [0.4, 0.5) is 0 Å². The van der Waals surface area contributed by atoms with Crippen molar-refractivity contribution < 1.29 is 33.2 Å². The SMILES string of the molecule is CCCCCCCCCCC(OCCCC)=C(OCCCC)C(OCCCCCCCCC)OC(OCCCCCCCCC)C(OCCCC)=C(CCCCCCCCCC)OCCCC. The molecule has 0 rings (SSSR count). The molecule has 0 spiro atoms. The molecule has 7 nitrogen and oxygen atoms in total. The van der Waals surface area contributed by atoms with Gasteiger partial charge in [-0.3, -0.25) is 0 Å². The third kappa shape index (κ3) is 40.9. The molecule has 0 aliphatic heterocycles. The lowest BCUT2D eigenvalue weighted by atomic mass is 10.1. The molecule has 7 heteroatoms. The number of hydrogen-bond donors (Lipinski definition) is 0. The second-order valence-corrected chi connectivity index (χ2v) is 19.6. The fourth-order valence-corrected chi connectivity index (χ4v) is 8.23. The van der Waals surface area contributed by atoms with Gasteiger partial charge >= 0.3 is 0 Å². The van der Waals surface area contributed by atoms with Crippen molar-refractivity contribution in [1.82, 2.24) is 0 Å². The maximum absolute atomic E-state index is 7.32. The maximum Gasteiger partial charge on any atom is 0.223 e. The molecule has 0 aromatic rings. The lowest BCUT2D eigenvalue weighted by Gasteiger charge is -2.30. The van der Waals surface area contributed by atoms with Gasteiger partial charge in [-0.15, -0.1) is 0 Å². The molecule has 0 amide bonds. The highest BCUT2D eigenvalue weighted by Gasteiger charge is 2.32. The average Bonchev–Trinajstić information content (AvgIpc) is 3.33. The molecule has 2 unspecified atom stereocenters. The summed E-state index contributed by atoms with van der Waals surface area (Å²) in [6, 6.07) is 0. The molecular weight excluding hydrogens is 833 g/mol. The van der Waals surface area contributed by atoms with Gasteiger partial charge in [0.25, 0.3) is 0 Å². The van der Waals surface area contributed by atoms with E-state index in [0.717, 1.165) is 114 Å². The molecule has 0 aliphatic rings. The number of allylic oxidation sites excluding steroid dienone is 2. The number of ether oxygens (including phenoxy) is 7. The zero-order valence-corrected chi connectivity index (χ0v) is 46.5. The Bertz CT molecular complexity index is 963. The minimum absolute atomic E-state index is 0.581. The molecule has 0 N–H and O–H groups in total. The minimum atomic E-state index is -0.800. The summed E-state index contributed by atoms with van der Waals surface area (Å²) in [5.74, 6) is 3.18. The van der Waals surface area contributed by atoms with E-state index in [2.05, 4.69) is 55.4 Å². The van der Waals surface area contributed by atoms with Crippen molar-refractivity contribution in [1.29, 1.82) is 0 Å². The number of rotatable bonds is 56. The van der Waals surface area contributed by atoms with Crippen molar-refractivity contribution >= 4 is 0 Å². The summed E-state index contributed by atoms with van der Waals surface area (Å²) >= 11 is 0. The largest absolute Gasteiger partial charge is 0.494 e. The lowest BCUT2D eigenvalue weighted by molar-refractivity contribution is -0.243. The summed E-state index contributed by atoms with van der Waals surface area (Å²) in [5, 5.41) is 0. The molecule has 400 valence electrons. The van der Waals surface area contributed by atoms with Crippen LogP contribution in [0.15, 0.2) is 23.0 Å². The normalized spacial score (nSPS) is 13.4. The highest BCUT2D eigenvalue weighted by atomic mass is 16.8. The third-order valence-corrected chi connectivity index (χ3v) is 12.8. The molecule has 0 heterocycles. The van der Waals surface area contributed by atoms with E-state index in [0.29, 0.717) is 51.2 Å². The van der Waals surface area contributed by atoms with Gasteiger partial charge in [0.15, 0.2) is 11.5 Å². The van der Waals surface area contributed by atoms with E-state index in [4.69, 9.17) is 33.2 Å². The van der Waals surface area contributed by atoms with Crippen LogP contribution >= 0.6 is 0 Å². The molecule has 0 saturated heterocycles. The molecule has 0 fully saturated rings. The molecule has 0 saturated carbocycles. The first kappa shape index (κ1) is 65.6. The van der Waals surface area contributed by atoms with Gasteiger partial charge in [0.2, 0.25) is 12.6 Å². The Balaban J connectivity index is 7.30.